The molecule has 0 aliphatic heterocycles. The van der Waals surface area contributed by atoms with E-state index in [0.29, 0.717) is 16.5 Å². The van der Waals surface area contributed by atoms with Gasteiger partial charge in [-0.15, -0.1) is 0 Å². The van der Waals surface area contributed by atoms with Gasteiger partial charge in [0, 0.05) is 35.3 Å². The van der Waals surface area contributed by atoms with E-state index in [1.54, 1.807) is 12.3 Å². The van der Waals surface area contributed by atoms with Gasteiger partial charge in [-0.3, -0.25) is 14.9 Å². The fourth-order valence-electron chi connectivity index (χ4n) is 3.54. The molecule has 0 saturated carbocycles. The van der Waals surface area contributed by atoms with E-state index >= 15 is 0 Å². The molecule has 0 fully saturated rings. The quantitative estimate of drug-likeness (QED) is 0.496. The summed E-state index contributed by atoms with van der Waals surface area (Å²) >= 11 is 0. The zero-order chi connectivity index (χ0) is 19.6. The summed E-state index contributed by atoms with van der Waals surface area (Å²) in [5.74, 6) is -0.238. The molecule has 0 spiro atoms. The lowest BCUT2D eigenvalue weighted by molar-refractivity contribution is -0.384. The number of aromatic amines is 1. The molecule has 3 aromatic rings. The zero-order valence-corrected chi connectivity index (χ0v) is 15.7. The first-order valence-corrected chi connectivity index (χ1v) is 8.90. The first kappa shape index (κ1) is 18.6. The molecule has 0 bridgehead atoms. The number of nitrogens with one attached hydrogen (secondary N) is 2. The van der Waals surface area contributed by atoms with Gasteiger partial charge in [0.15, 0.2) is 0 Å². The number of nitro groups is 1. The van der Waals surface area contributed by atoms with E-state index in [-0.39, 0.29) is 23.1 Å². The van der Waals surface area contributed by atoms with Crippen molar-refractivity contribution in [1.82, 2.24) is 10.3 Å². The summed E-state index contributed by atoms with van der Waals surface area (Å²) in [5.41, 5.74) is 2.21. The highest BCUT2D eigenvalue weighted by atomic mass is 16.6. The van der Waals surface area contributed by atoms with Gasteiger partial charge < -0.3 is 10.3 Å². The van der Waals surface area contributed by atoms with Crippen LogP contribution in [0.25, 0.3) is 10.9 Å². The van der Waals surface area contributed by atoms with Gasteiger partial charge >= 0.3 is 0 Å². The van der Waals surface area contributed by atoms with Crippen molar-refractivity contribution in [2.24, 2.45) is 0 Å². The first-order chi connectivity index (χ1) is 12.8. The van der Waals surface area contributed by atoms with Gasteiger partial charge in [0.25, 0.3) is 11.6 Å². The van der Waals surface area contributed by atoms with Crippen LogP contribution < -0.4 is 5.32 Å². The highest BCUT2D eigenvalue weighted by Gasteiger charge is 2.25. The molecule has 0 aliphatic carbocycles. The lowest BCUT2D eigenvalue weighted by atomic mass is 9.79. The van der Waals surface area contributed by atoms with Crippen LogP contribution in [0.2, 0.25) is 0 Å². The number of amides is 1. The molecular formula is C21H23N3O3. The summed E-state index contributed by atoms with van der Waals surface area (Å²) in [6.07, 6.45) is 2.37. The summed E-state index contributed by atoms with van der Waals surface area (Å²) in [4.78, 5) is 26.3. The van der Waals surface area contributed by atoms with Gasteiger partial charge in [0.1, 0.15) is 0 Å². The number of carbonyl (C=O) groups excluding carboxylic acids is 1. The van der Waals surface area contributed by atoms with Gasteiger partial charge in [0.2, 0.25) is 0 Å². The molecule has 2 aromatic carbocycles. The summed E-state index contributed by atoms with van der Waals surface area (Å²) in [6, 6.07) is 14.6. The van der Waals surface area contributed by atoms with Crippen LogP contribution in [0, 0.1) is 10.1 Å². The number of hydrogen-bond acceptors (Lipinski definition) is 3. The van der Waals surface area contributed by atoms with Crippen molar-refractivity contribution in [3.63, 3.8) is 0 Å². The Balaban J connectivity index is 1.76. The Morgan fingerprint density at radius 1 is 1.22 bits per heavy atom. The Hall–Kier alpha value is -3.15. The van der Waals surface area contributed by atoms with Gasteiger partial charge in [0.05, 0.1) is 10.5 Å². The van der Waals surface area contributed by atoms with E-state index in [1.807, 2.05) is 25.1 Å². The van der Waals surface area contributed by atoms with E-state index in [0.717, 1.165) is 6.42 Å². The number of aromatic nitrogens is 1. The monoisotopic (exact) mass is 365 g/mol. The second-order valence-corrected chi connectivity index (χ2v) is 7.52. The molecule has 1 heterocycles. The number of H-pyrrole nitrogens is 1. The van der Waals surface area contributed by atoms with E-state index < -0.39 is 4.92 Å². The molecule has 6 nitrogen and oxygen atoms in total. The van der Waals surface area contributed by atoms with Gasteiger partial charge in [-0.05, 0) is 30.4 Å². The maximum absolute atomic E-state index is 12.7. The van der Waals surface area contributed by atoms with Crippen molar-refractivity contribution in [1.29, 1.82) is 0 Å². The van der Waals surface area contributed by atoms with E-state index in [4.69, 9.17) is 0 Å². The number of carbonyl (C=O) groups is 1. The number of non-ortho nitro benzene ring substituents is 1. The average Bonchev–Trinajstić information content (AvgIpc) is 3.05. The second-order valence-electron chi connectivity index (χ2n) is 7.52. The maximum atomic E-state index is 12.7. The van der Waals surface area contributed by atoms with Crippen LogP contribution >= 0.6 is 0 Å². The topological polar surface area (TPSA) is 88.0 Å². The van der Waals surface area contributed by atoms with Crippen LogP contribution in [0.4, 0.5) is 5.69 Å². The molecule has 1 atom stereocenters. The average molecular weight is 365 g/mol. The molecular weight excluding hydrogens is 342 g/mol. The number of hydrogen-bond donors (Lipinski definition) is 2. The molecule has 3 rings (SSSR count). The third-order valence-corrected chi connectivity index (χ3v) is 4.87. The predicted molar refractivity (Wildman–Crippen MR) is 106 cm³/mol. The molecule has 0 aliphatic rings. The van der Waals surface area contributed by atoms with Crippen LogP contribution in [0.5, 0.6) is 0 Å². The molecule has 1 amide bonds. The van der Waals surface area contributed by atoms with Crippen LogP contribution in [-0.4, -0.2) is 21.9 Å². The number of fused-ring (bicyclic) bond motifs is 1. The molecule has 0 radical (unpaired) electrons. The van der Waals surface area contributed by atoms with Crippen molar-refractivity contribution >= 4 is 22.5 Å². The Morgan fingerprint density at radius 2 is 1.93 bits per heavy atom. The fourth-order valence-corrected chi connectivity index (χ4v) is 3.54. The molecule has 6 heteroatoms. The minimum absolute atomic E-state index is 0.0330. The molecule has 27 heavy (non-hydrogen) atoms. The van der Waals surface area contributed by atoms with E-state index in [2.05, 4.69) is 36.3 Å². The molecule has 140 valence electrons. The first-order valence-electron chi connectivity index (χ1n) is 8.90. The predicted octanol–water partition coefficient (Wildman–Crippen LogP) is 4.56. The zero-order valence-electron chi connectivity index (χ0n) is 15.7. The van der Waals surface area contributed by atoms with Crippen molar-refractivity contribution < 1.29 is 9.72 Å². The van der Waals surface area contributed by atoms with Gasteiger partial charge in [-0.25, -0.2) is 0 Å². The highest BCUT2D eigenvalue weighted by molar-refractivity contribution is 6.07. The summed E-state index contributed by atoms with van der Waals surface area (Å²) < 4.78 is 0. The molecule has 2 N–H and O–H groups in total. The van der Waals surface area contributed by atoms with E-state index in [9.17, 15) is 14.9 Å². The SMILES string of the molecule is CC(CC(C)(C)c1ccccc1)NC(=O)c1c[nH]c2ccc([N+](=O)[O-])cc12. The normalized spacial score (nSPS) is 12.7. The Morgan fingerprint density at radius 3 is 2.59 bits per heavy atom. The molecule has 1 unspecified atom stereocenters. The van der Waals surface area contributed by atoms with Crippen LogP contribution in [-0.2, 0) is 5.41 Å². The van der Waals surface area contributed by atoms with E-state index in [1.165, 1.54) is 17.7 Å². The number of nitrogens with zero attached hydrogens (tertiary/aromatic N) is 1. The van der Waals surface area contributed by atoms with Gasteiger partial charge in [-0.1, -0.05) is 44.2 Å². The summed E-state index contributed by atoms with van der Waals surface area (Å²) in [7, 11) is 0. The third kappa shape index (κ3) is 4.00. The van der Waals surface area contributed by atoms with Crippen molar-refractivity contribution in [3.05, 3.63) is 76.0 Å². The summed E-state index contributed by atoms with van der Waals surface area (Å²) in [6.45, 7) is 6.28. The van der Waals surface area contributed by atoms with Crippen LogP contribution in [0.3, 0.4) is 0 Å². The van der Waals surface area contributed by atoms with Gasteiger partial charge in [-0.2, -0.15) is 0 Å². The maximum Gasteiger partial charge on any atom is 0.270 e. The smallest absolute Gasteiger partial charge is 0.270 e. The number of nitro benzene ring substituents is 1. The van der Waals surface area contributed by atoms with Crippen molar-refractivity contribution in [2.75, 3.05) is 0 Å². The largest absolute Gasteiger partial charge is 0.360 e. The third-order valence-electron chi connectivity index (χ3n) is 4.87. The highest BCUT2D eigenvalue weighted by Crippen LogP contribution is 2.29. The fraction of sp³-hybridized carbons (Fsp3) is 0.286. The standard InChI is InChI=1S/C21H23N3O3/c1-14(12-21(2,3)15-7-5-4-6-8-15)23-20(25)18-13-22-19-10-9-16(24(26)27)11-17(18)19/h4-11,13-14,22H,12H2,1-3H3,(H,23,25). The summed E-state index contributed by atoms with van der Waals surface area (Å²) in [5, 5.41) is 14.6. The number of rotatable bonds is 6. The van der Waals surface area contributed by atoms with Crippen LogP contribution in [0.15, 0.2) is 54.7 Å². The lowest BCUT2D eigenvalue weighted by Gasteiger charge is -2.29. The Kier molecular flexibility index (Phi) is 4.99. The van der Waals surface area contributed by atoms with Crippen LogP contribution in [0.1, 0.15) is 43.1 Å². The molecule has 0 saturated heterocycles. The number of benzene rings is 2. The Bertz CT molecular complexity index is 977. The van der Waals surface area contributed by atoms with Crippen molar-refractivity contribution in [2.45, 2.75) is 38.6 Å². The molecule has 1 aromatic heterocycles. The second kappa shape index (κ2) is 7.23. The minimum atomic E-state index is -0.459. The lowest BCUT2D eigenvalue weighted by Crippen LogP contribution is -2.37. The van der Waals surface area contributed by atoms with Crippen molar-refractivity contribution in [3.8, 4) is 0 Å². The Labute approximate surface area is 157 Å². The minimum Gasteiger partial charge on any atom is -0.360 e.